The zero-order valence-electron chi connectivity index (χ0n) is 12.0. The smallest absolute Gasteiger partial charge is 0.182 e. The van der Waals surface area contributed by atoms with Gasteiger partial charge in [0.05, 0.1) is 5.54 Å². The van der Waals surface area contributed by atoms with E-state index in [1.54, 1.807) is 0 Å². The second-order valence-corrected chi connectivity index (χ2v) is 6.42. The van der Waals surface area contributed by atoms with Gasteiger partial charge in [-0.05, 0) is 23.8 Å². The fraction of sp³-hybridized carbons (Fsp3) is 0.562. The summed E-state index contributed by atoms with van der Waals surface area (Å²) in [5, 5.41) is 0. The normalized spacial score (nSPS) is 19.2. The predicted molar refractivity (Wildman–Crippen MR) is 76.4 cm³/mol. The minimum Gasteiger partial charge on any atom is -0.381 e. The third kappa shape index (κ3) is 3.04. The molecule has 1 aliphatic heterocycles. The maximum Gasteiger partial charge on any atom is 0.182 e. The largest absolute Gasteiger partial charge is 0.381 e. The molecule has 3 heteroatoms. The van der Waals surface area contributed by atoms with Crippen molar-refractivity contribution in [2.75, 3.05) is 13.2 Å². The van der Waals surface area contributed by atoms with Gasteiger partial charge >= 0.3 is 0 Å². The highest BCUT2D eigenvalue weighted by molar-refractivity contribution is 6.03. The summed E-state index contributed by atoms with van der Waals surface area (Å²) >= 11 is 0. The lowest BCUT2D eigenvalue weighted by molar-refractivity contribution is 0.0448. The minimum absolute atomic E-state index is 0.0382. The van der Waals surface area contributed by atoms with Crippen LogP contribution >= 0.6 is 0 Å². The van der Waals surface area contributed by atoms with Gasteiger partial charge in [0.25, 0.3) is 0 Å². The first kappa shape index (κ1) is 14.2. The third-order valence-electron chi connectivity index (χ3n) is 3.85. The second kappa shape index (κ2) is 5.06. The third-order valence-corrected chi connectivity index (χ3v) is 3.85. The minimum atomic E-state index is -0.749. The quantitative estimate of drug-likeness (QED) is 0.833. The molecule has 1 heterocycles. The van der Waals surface area contributed by atoms with E-state index in [2.05, 4.69) is 20.8 Å². The number of ketones is 1. The van der Waals surface area contributed by atoms with Crippen molar-refractivity contribution >= 4 is 5.78 Å². The number of Topliss-reactive ketones (excluding diaryl/α,β-unsaturated/α-hetero) is 1. The molecule has 0 bridgehead atoms. The van der Waals surface area contributed by atoms with E-state index < -0.39 is 5.54 Å². The van der Waals surface area contributed by atoms with Crippen molar-refractivity contribution in [2.24, 2.45) is 5.73 Å². The number of nitrogens with two attached hydrogens (primary N) is 1. The van der Waals surface area contributed by atoms with Crippen LogP contribution in [0.5, 0.6) is 0 Å². The van der Waals surface area contributed by atoms with E-state index in [0.717, 1.165) is 0 Å². The van der Waals surface area contributed by atoms with Crippen LogP contribution in [0.15, 0.2) is 24.3 Å². The number of rotatable bonds is 2. The Morgan fingerprint density at radius 3 is 2.16 bits per heavy atom. The molecule has 0 aromatic heterocycles. The summed E-state index contributed by atoms with van der Waals surface area (Å²) in [6, 6.07) is 7.84. The Labute approximate surface area is 115 Å². The molecule has 0 aliphatic carbocycles. The van der Waals surface area contributed by atoms with Crippen molar-refractivity contribution in [3.05, 3.63) is 35.4 Å². The molecule has 0 saturated carbocycles. The van der Waals surface area contributed by atoms with Crippen molar-refractivity contribution in [3.8, 4) is 0 Å². The van der Waals surface area contributed by atoms with Crippen molar-refractivity contribution in [1.82, 2.24) is 0 Å². The van der Waals surface area contributed by atoms with Crippen molar-refractivity contribution < 1.29 is 9.53 Å². The van der Waals surface area contributed by atoms with Crippen LogP contribution < -0.4 is 5.73 Å². The molecule has 1 fully saturated rings. The van der Waals surface area contributed by atoms with Gasteiger partial charge in [-0.2, -0.15) is 0 Å². The Hall–Kier alpha value is -1.19. The summed E-state index contributed by atoms with van der Waals surface area (Å²) in [7, 11) is 0. The summed E-state index contributed by atoms with van der Waals surface area (Å²) in [5.74, 6) is 0.0382. The molecule has 0 amide bonds. The van der Waals surface area contributed by atoms with Gasteiger partial charge in [-0.1, -0.05) is 45.0 Å². The van der Waals surface area contributed by atoms with Gasteiger partial charge in [0.2, 0.25) is 0 Å². The van der Waals surface area contributed by atoms with E-state index in [0.29, 0.717) is 31.6 Å². The Kier molecular flexibility index (Phi) is 3.79. The maximum absolute atomic E-state index is 12.5. The maximum atomic E-state index is 12.5. The average Bonchev–Trinajstić information content (AvgIpc) is 2.38. The molecule has 104 valence electrons. The lowest BCUT2D eigenvalue weighted by Crippen LogP contribution is -2.51. The van der Waals surface area contributed by atoms with Crippen LogP contribution in [0.4, 0.5) is 0 Å². The molecule has 1 aromatic carbocycles. The van der Waals surface area contributed by atoms with E-state index in [1.807, 2.05) is 24.3 Å². The van der Waals surface area contributed by atoms with Gasteiger partial charge in [0.1, 0.15) is 0 Å². The SMILES string of the molecule is CC(C)(C)c1ccc(C(=O)C2(N)CCOCC2)cc1. The standard InChI is InChI=1S/C16H23NO2/c1-15(2,3)13-6-4-12(5-7-13)14(18)16(17)8-10-19-11-9-16/h4-7H,8-11,17H2,1-3H3. The zero-order chi connectivity index (χ0) is 14.1. The van der Waals surface area contributed by atoms with Crippen LogP contribution in [0.1, 0.15) is 49.5 Å². The summed E-state index contributed by atoms with van der Waals surface area (Å²) < 4.78 is 5.28. The number of carbonyl (C=O) groups excluding carboxylic acids is 1. The highest BCUT2D eigenvalue weighted by Gasteiger charge is 2.36. The lowest BCUT2D eigenvalue weighted by atomic mass is 9.82. The van der Waals surface area contributed by atoms with Crippen molar-refractivity contribution in [2.45, 2.75) is 44.6 Å². The fourth-order valence-corrected chi connectivity index (χ4v) is 2.37. The van der Waals surface area contributed by atoms with Gasteiger partial charge in [-0.15, -0.1) is 0 Å². The highest BCUT2D eigenvalue weighted by atomic mass is 16.5. The van der Waals surface area contributed by atoms with Crippen LogP contribution in [-0.4, -0.2) is 24.5 Å². The zero-order valence-corrected chi connectivity index (χ0v) is 12.0. The molecule has 1 aliphatic rings. The predicted octanol–water partition coefficient (Wildman–Crippen LogP) is 2.67. The van der Waals surface area contributed by atoms with Gasteiger partial charge in [0.15, 0.2) is 5.78 Å². The number of carbonyl (C=O) groups is 1. The Morgan fingerprint density at radius 1 is 1.16 bits per heavy atom. The molecule has 1 saturated heterocycles. The van der Waals surface area contributed by atoms with Gasteiger partial charge < -0.3 is 10.5 Å². The van der Waals surface area contributed by atoms with E-state index in [4.69, 9.17) is 10.5 Å². The van der Waals surface area contributed by atoms with Crippen LogP contribution in [0.3, 0.4) is 0 Å². The fourth-order valence-electron chi connectivity index (χ4n) is 2.37. The van der Waals surface area contributed by atoms with Gasteiger partial charge in [-0.3, -0.25) is 4.79 Å². The second-order valence-electron chi connectivity index (χ2n) is 6.42. The topological polar surface area (TPSA) is 52.3 Å². The average molecular weight is 261 g/mol. The van der Waals surface area contributed by atoms with Gasteiger partial charge in [-0.25, -0.2) is 0 Å². The first-order valence-electron chi connectivity index (χ1n) is 6.85. The van der Waals surface area contributed by atoms with Crippen LogP contribution in [0, 0.1) is 0 Å². The van der Waals surface area contributed by atoms with Crippen molar-refractivity contribution in [3.63, 3.8) is 0 Å². The molecular formula is C16H23NO2. The van der Waals surface area contributed by atoms with Crippen LogP contribution in [-0.2, 0) is 10.2 Å². The molecule has 1 aromatic rings. The molecule has 0 unspecified atom stereocenters. The molecule has 3 nitrogen and oxygen atoms in total. The lowest BCUT2D eigenvalue weighted by Gasteiger charge is -2.32. The Bertz CT molecular complexity index is 451. The van der Waals surface area contributed by atoms with E-state index in [1.165, 1.54) is 5.56 Å². The summed E-state index contributed by atoms with van der Waals surface area (Å²) in [6.07, 6.45) is 1.21. The number of ether oxygens (including phenoxy) is 1. The molecule has 2 rings (SSSR count). The summed E-state index contributed by atoms with van der Waals surface area (Å²) in [5.41, 5.74) is 7.51. The monoisotopic (exact) mass is 261 g/mol. The highest BCUT2D eigenvalue weighted by Crippen LogP contribution is 2.26. The molecule has 2 N–H and O–H groups in total. The van der Waals surface area contributed by atoms with E-state index >= 15 is 0 Å². The molecule has 19 heavy (non-hydrogen) atoms. The van der Waals surface area contributed by atoms with E-state index in [9.17, 15) is 4.79 Å². The summed E-state index contributed by atoms with van der Waals surface area (Å²) in [6.45, 7) is 7.62. The Morgan fingerprint density at radius 2 is 1.68 bits per heavy atom. The Balaban J connectivity index is 2.20. The number of hydrogen-bond donors (Lipinski definition) is 1. The number of hydrogen-bond acceptors (Lipinski definition) is 3. The van der Waals surface area contributed by atoms with Crippen LogP contribution in [0.2, 0.25) is 0 Å². The molecular weight excluding hydrogens is 238 g/mol. The first-order valence-corrected chi connectivity index (χ1v) is 6.85. The molecule has 0 radical (unpaired) electrons. The first-order chi connectivity index (χ1) is 8.83. The van der Waals surface area contributed by atoms with Crippen LogP contribution in [0.25, 0.3) is 0 Å². The van der Waals surface area contributed by atoms with Crippen molar-refractivity contribution in [1.29, 1.82) is 0 Å². The number of benzene rings is 1. The molecule has 0 atom stereocenters. The summed E-state index contributed by atoms with van der Waals surface area (Å²) in [4.78, 5) is 12.5. The van der Waals surface area contributed by atoms with Gasteiger partial charge in [0, 0.05) is 18.8 Å². The molecule has 0 spiro atoms. The van der Waals surface area contributed by atoms with E-state index in [-0.39, 0.29) is 11.2 Å².